The molecule has 0 saturated carbocycles. The van der Waals surface area contributed by atoms with Crippen molar-refractivity contribution in [2.75, 3.05) is 12.4 Å². The number of aliphatic hydroxyl groups is 1. The third kappa shape index (κ3) is 4.17. The molecule has 0 unspecified atom stereocenters. The van der Waals surface area contributed by atoms with Gasteiger partial charge in [-0.3, -0.25) is 4.68 Å². The number of hydrogen-bond acceptors (Lipinski definition) is 7. The fourth-order valence-corrected chi connectivity index (χ4v) is 3.33. The highest BCUT2D eigenvalue weighted by Crippen LogP contribution is 2.27. The molecule has 0 saturated heterocycles. The molecular weight excluding hydrogens is 400 g/mol. The minimum Gasteiger partial charge on any atom is -0.396 e. The van der Waals surface area contributed by atoms with Crippen molar-refractivity contribution in [2.45, 2.75) is 11.6 Å². The number of aromatic nitrogens is 5. The number of benzene rings is 1. The van der Waals surface area contributed by atoms with Gasteiger partial charge in [0, 0.05) is 17.4 Å². The highest BCUT2D eigenvalue weighted by atomic mass is 32.2. The van der Waals surface area contributed by atoms with Crippen molar-refractivity contribution in [2.24, 2.45) is 0 Å². The second kappa shape index (κ2) is 8.50. The van der Waals surface area contributed by atoms with Crippen LogP contribution in [-0.2, 0) is 6.54 Å². The number of thioether (sulfide) groups is 1. The van der Waals surface area contributed by atoms with Crippen LogP contribution in [0.1, 0.15) is 5.56 Å². The molecule has 10 heteroatoms. The summed E-state index contributed by atoms with van der Waals surface area (Å²) in [4.78, 5) is 8.23. The van der Waals surface area contributed by atoms with E-state index in [-0.39, 0.29) is 29.8 Å². The van der Waals surface area contributed by atoms with Gasteiger partial charge in [0.1, 0.15) is 28.5 Å². The Bertz CT molecular complexity index is 1120. The molecule has 0 aliphatic rings. The summed E-state index contributed by atoms with van der Waals surface area (Å²) in [5.41, 5.74) is 1.92. The van der Waals surface area contributed by atoms with Crippen molar-refractivity contribution in [1.29, 1.82) is 0 Å². The van der Waals surface area contributed by atoms with Gasteiger partial charge >= 0.3 is 0 Å². The molecule has 1 N–H and O–H groups in total. The average Bonchev–Trinajstić information content (AvgIpc) is 3.39. The second-order valence-corrected chi connectivity index (χ2v) is 7.05. The minimum atomic E-state index is -0.574. The van der Waals surface area contributed by atoms with Gasteiger partial charge in [0.25, 0.3) is 0 Å². The Labute approximate surface area is 168 Å². The molecule has 0 spiro atoms. The summed E-state index contributed by atoms with van der Waals surface area (Å²) in [5.74, 6) is -0.408. The summed E-state index contributed by atoms with van der Waals surface area (Å²) >= 11 is 1.08. The highest BCUT2D eigenvalue weighted by Gasteiger charge is 2.18. The Morgan fingerprint density at radius 3 is 2.72 bits per heavy atom. The minimum absolute atomic E-state index is 0.100. The number of rotatable bonds is 7. The first-order valence-electron chi connectivity index (χ1n) is 8.64. The molecule has 3 aromatic heterocycles. The molecule has 0 bridgehead atoms. The number of aliphatic hydroxyl groups excluding tert-OH is 1. The van der Waals surface area contributed by atoms with Gasteiger partial charge in [-0.15, -0.1) is 11.8 Å². The molecule has 0 fully saturated rings. The zero-order valence-electron chi connectivity index (χ0n) is 15.0. The fraction of sp³-hybridized carbons (Fsp3) is 0.158. The lowest BCUT2D eigenvalue weighted by atomic mass is 10.2. The van der Waals surface area contributed by atoms with Crippen molar-refractivity contribution in [3.8, 4) is 22.9 Å². The predicted octanol–water partition coefficient (Wildman–Crippen LogP) is 3.41. The van der Waals surface area contributed by atoms with Crippen molar-refractivity contribution < 1.29 is 18.4 Å². The van der Waals surface area contributed by atoms with Crippen molar-refractivity contribution in [3.63, 3.8) is 0 Å². The maximum absolute atomic E-state index is 14.1. The van der Waals surface area contributed by atoms with Crippen molar-refractivity contribution >= 4 is 11.8 Å². The molecule has 4 rings (SSSR count). The Morgan fingerprint density at radius 1 is 1.10 bits per heavy atom. The molecule has 148 valence electrons. The molecule has 0 amide bonds. The lowest BCUT2D eigenvalue weighted by Crippen LogP contribution is -2.06. The quantitative estimate of drug-likeness (QED) is 0.365. The third-order valence-electron chi connectivity index (χ3n) is 4.03. The van der Waals surface area contributed by atoms with E-state index >= 15 is 0 Å². The van der Waals surface area contributed by atoms with Crippen LogP contribution in [0.15, 0.2) is 58.4 Å². The van der Waals surface area contributed by atoms with Crippen LogP contribution in [0.2, 0.25) is 0 Å². The maximum atomic E-state index is 14.1. The normalized spacial score (nSPS) is 11.1. The van der Waals surface area contributed by atoms with Gasteiger partial charge in [-0.1, -0.05) is 23.4 Å². The summed E-state index contributed by atoms with van der Waals surface area (Å²) in [6.07, 6.45) is 2.49. The summed E-state index contributed by atoms with van der Waals surface area (Å²) in [6, 6.07) is 9.75. The average molecular weight is 415 g/mol. The summed E-state index contributed by atoms with van der Waals surface area (Å²) in [7, 11) is 0. The Morgan fingerprint density at radius 2 is 1.97 bits per heavy atom. The molecular formula is C19H15F2N5O2S. The molecule has 0 atom stereocenters. The van der Waals surface area contributed by atoms with Crippen LogP contribution < -0.4 is 0 Å². The van der Waals surface area contributed by atoms with E-state index in [1.807, 2.05) is 0 Å². The van der Waals surface area contributed by atoms with Crippen LogP contribution in [0.4, 0.5) is 8.78 Å². The van der Waals surface area contributed by atoms with E-state index in [9.17, 15) is 8.78 Å². The summed E-state index contributed by atoms with van der Waals surface area (Å²) in [6.45, 7) is 0.0548. The van der Waals surface area contributed by atoms with Gasteiger partial charge in [-0.25, -0.2) is 18.7 Å². The van der Waals surface area contributed by atoms with Gasteiger partial charge in [-0.05, 0) is 12.1 Å². The van der Waals surface area contributed by atoms with Gasteiger partial charge < -0.3 is 9.63 Å². The first kappa shape index (κ1) is 19.2. The van der Waals surface area contributed by atoms with Crippen LogP contribution in [-0.4, -0.2) is 42.4 Å². The molecule has 7 nitrogen and oxygen atoms in total. The predicted molar refractivity (Wildman–Crippen MR) is 102 cm³/mol. The maximum Gasteiger partial charge on any atom is 0.181 e. The Hall–Kier alpha value is -3.11. The first-order chi connectivity index (χ1) is 14.2. The van der Waals surface area contributed by atoms with Gasteiger partial charge in [0.2, 0.25) is 0 Å². The van der Waals surface area contributed by atoms with Crippen LogP contribution in [0.3, 0.4) is 0 Å². The molecule has 0 aliphatic heterocycles. The zero-order chi connectivity index (χ0) is 20.2. The van der Waals surface area contributed by atoms with E-state index in [4.69, 9.17) is 9.63 Å². The number of hydrogen-bond donors (Lipinski definition) is 1. The summed E-state index contributed by atoms with van der Waals surface area (Å²) in [5, 5.41) is 17.5. The standard InChI is InChI=1S/C19H15F2N5O2S/c20-13-4-2-1-3-12(13)11-26-17(15-5-7-28-25-15)9-16(24-26)18-22-10-14(21)19(23-18)29-8-6-27/h1-5,7,9-10,27H,6,8,11H2. The second-order valence-electron chi connectivity index (χ2n) is 5.97. The van der Waals surface area contributed by atoms with Crippen LogP contribution in [0.5, 0.6) is 0 Å². The number of halogens is 2. The van der Waals surface area contributed by atoms with E-state index in [0.717, 1.165) is 18.0 Å². The van der Waals surface area contributed by atoms with E-state index in [1.54, 1.807) is 35.0 Å². The van der Waals surface area contributed by atoms with Crippen molar-refractivity contribution in [1.82, 2.24) is 24.9 Å². The topological polar surface area (TPSA) is 89.9 Å². The monoisotopic (exact) mass is 415 g/mol. The van der Waals surface area contributed by atoms with Crippen LogP contribution >= 0.6 is 11.8 Å². The zero-order valence-corrected chi connectivity index (χ0v) is 15.8. The lowest BCUT2D eigenvalue weighted by Gasteiger charge is -2.06. The Balaban J connectivity index is 1.75. The van der Waals surface area contributed by atoms with Gasteiger partial charge in [0.05, 0.1) is 25.0 Å². The molecule has 0 radical (unpaired) electrons. The number of nitrogens with zero attached hydrogens (tertiary/aromatic N) is 5. The molecule has 4 aromatic rings. The Kier molecular flexibility index (Phi) is 5.63. The fourth-order valence-electron chi connectivity index (χ4n) is 2.70. The van der Waals surface area contributed by atoms with E-state index in [0.29, 0.717) is 28.4 Å². The van der Waals surface area contributed by atoms with Gasteiger partial charge in [-0.2, -0.15) is 5.10 Å². The molecule has 1 aromatic carbocycles. The van der Waals surface area contributed by atoms with Gasteiger partial charge in [0.15, 0.2) is 11.6 Å². The van der Waals surface area contributed by atoms with E-state index in [1.165, 1.54) is 12.3 Å². The first-order valence-corrected chi connectivity index (χ1v) is 9.63. The van der Waals surface area contributed by atoms with E-state index in [2.05, 4.69) is 20.2 Å². The molecule has 29 heavy (non-hydrogen) atoms. The lowest BCUT2D eigenvalue weighted by molar-refractivity contribution is 0.322. The summed E-state index contributed by atoms with van der Waals surface area (Å²) < 4.78 is 34.5. The van der Waals surface area contributed by atoms with Crippen LogP contribution in [0, 0.1) is 11.6 Å². The molecule has 3 heterocycles. The van der Waals surface area contributed by atoms with Crippen LogP contribution in [0.25, 0.3) is 22.9 Å². The van der Waals surface area contributed by atoms with E-state index < -0.39 is 5.82 Å². The van der Waals surface area contributed by atoms with Crippen molar-refractivity contribution in [3.05, 3.63) is 66.1 Å². The largest absolute Gasteiger partial charge is 0.396 e. The third-order valence-corrected chi connectivity index (χ3v) is 4.98. The molecule has 0 aliphatic carbocycles. The SMILES string of the molecule is OCCSc1nc(-c2cc(-c3ccon3)n(Cc3ccccc3F)n2)ncc1F. The highest BCUT2D eigenvalue weighted by molar-refractivity contribution is 7.99. The smallest absolute Gasteiger partial charge is 0.181 e.